The van der Waals surface area contributed by atoms with Gasteiger partial charge in [-0.25, -0.2) is 4.79 Å². The SMILES string of the molecule is CCOc1ccccc1NC(=O)Nc1ccc(OC)cc1OC. The van der Waals surface area contributed by atoms with Crippen LogP contribution in [-0.4, -0.2) is 26.9 Å². The summed E-state index contributed by atoms with van der Waals surface area (Å²) in [6.45, 7) is 2.41. The quantitative estimate of drug-likeness (QED) is 0.851. The van der Waals surface area contributed by atoms with Crippen LogP contribution in [0.25, 0.3) is 0 Å². The van der Waals surface area contributed by atoms with Gasteiger partial charge in [0.1, 0.15) is 17.2 Å². The number of anilines is 2. The third-order valence-electron chi connectivity index (χ3n) is 3.09. The Balaban J connectivity index is 2.11. The van der Waals surface area contributed by atoms with Gasteiger partial charge in [0.05, 0.1) is 32.2 Å². The van der Waals surface area contributed by atoms with Crippen molar-refractivity contribution in [1.82, 2.24) is 0 Å². The fraction of sp³-hybridized carbons (Fsp3) is 0.235. The number of nitrogens with one attached hydrogen (secondary N) is 2. The average molecular weight is 316 g/mol. The number of amides is 2. The molecule has 2 rings (SSSR count). The maximum Gasteiger partial charge on any atom is 0.323 e. The Morgan fingerprint density at radius 1 is 0.957 bits per heavy atom. The van der Waals surface area contributed by atoms with Crippen LogP contribution in [0.2, 0.25) is 0 Å². The van der Waals surface area contributed by atoms with E-state index in [4.69, 9.17) is 14.2 Å². The van der Waals surface area contributed by atoms with E-state index >= 15 is 0 Å². The standard InChI is InChI=1S/C17H20N2O4/c1-4-23-15-8-6-5-7-13(15)18-17(20)19-14-10-9-12(21-2)11-16(14)22-3/h5-11H,4H2,1-3H3,(H2,18,19,20). The van der Waals surface area contributed by atoms with Crippen molar-refractivity contribution in [3.63, 3.8) is 0 Å². The van der Waals surface area contributed by atoms with Crippen molar-refractivity contribution in [1.29, 1.82) is 0 Å². The van der Waals surface area contributed by atoms with E-state index in [2.05, 4.69) is 10.6 Å². The fourth-order valence-electron chi connectivity index (χ4n) is 2.03. The van der Waals surface area contributed by atoms with Gasteiger partial charge >= 0.3 is 6.03 Å². The first kappa shape index (κ1) is 16.5. The summed E-state index contributed by atoms with van der Waals surface area (Å²) in [4.78, 5) is 12.2. The monoisotopic (exact) mass is 316 g/mol. The van der Waals surface area contributed by atoms with Gasteiger partial charge in [-0.3, -0.25) is 0 Å². The minimum Gasteiger partial charge on any atom is -0.497 e. The minimum absolute atomic E-state index is 0.388. The molecule has 0 aliphatic heterocycles. The van der Waals surface area contributed by atoms with Crippen molar-refractivity contribution in [2.24, 2.45) is 0 Å². The van der Waals surface area contributed by atoms with Crippen LogP contribution in [0.15, 0.2) is 42.5 Å². The van der Waals surface area contributed by atoms with Crippen molar-refractivity contribution >= 4 is 17.4 Å². The van der Waals surface area contributed by atoms with E-state index in [0.717, 1.165) is 0 Å². The molecule has 0 aromatic heterocycles. The van der Waals surface area contributed by atoms with E-state index in [1.165, 1.54) is 7.11 Å². The molecule has 2 N–H and O–H groups in total. The highest BCUT2D eigenvalue weighted by Gasteiger charge is 2.11. The van der Waals surface area contributed by atoms with E-state index in [-0.39, 0.29) is 6.03 Å². The summed E-state index contributed by atoms with van der Waals surface area (Å²) >= 11 is 0. The highest BCUT2D eigenvalue weighted by molar-refractivity contribution is 6.01. The Hall–Kier alpha value is -2.89. The molecule has 2 aromatic rings. The van der Waals surface area contributed by atoms with Gasteiger partial charge in [-0.1, -0.05) is 12.1 Å². The second kappa shape index (κ2) is 7.93. The Kier molecular flexibility index (Phi) is 5.68. The van der Waals surface area contributed by atoms with Crippen LogP contribution in [0.4, 0.5) is 16.2 Å². The van der Waals surface area contributed by atoms with Crippen molar-refractivity contribution in [3.05, 3.63) is 42.5 Å². The molecule has 0 spiro atoms. The van der Waals surface area contributed by atoms with Gasteiger partial charge in [-0.15, -0.1) is 0 Å². The zero-order chi connectivity index (χ0) is 16.7. The number of urea groups is 1. The molecule has 23 heavy (non-hydrogen) atoms. The predicted octanol–water partition coefficient (Wildman–Crippen LogP) is 3.75. The smallest absolute Gasteiger partial charge is 0.323 e. The molecule has 0 atom stereocenters. The molecule has 2 amide bonds. The first-order valence-corrected chi connectivity index (χ1v) is 7.19. The molecule has 0 saturated heterocycles. The number of methoxy groups -OCH3 is 2. The molecule has 0 radical (unpaired) electrons. The Labute approximate surface area is 135 Å². The lowest BCUT2D eigenvalue weighted by molar-refractivity contribution is 0.261. The summed E-state index contributed by atoms with van der Waals surface area (Å²) in [5.41, 5.74) is 1.14. The lowest BCUT2D eigenvalue weighted by atomic mass is 10.2. The largest absolute Gasteiger partial charge is 0.497 e. The topological polar surface area (TPSA) is 68.8 Å². The Bertz CT molecular complexity index is 673. The molecular weight excluding hydrogens is 296 g/mol. The molecule has 0 heterocycles. The maximum atomic E-state index is 12.2. The molecule has 0 saturated carbocycles. The van der Waals surface area contributed by atoms with E-state index in [1.807, 2.05) is 19.1 Å². The number of hydrogen-bond donors (Lipinski definition) is 2. The summed E-state index contributed by atoms with van der Waals surface area (Å²) < 4.78 is 15.9. The number of rotatable bonds is 6. The summed E-state index contributed by atoms with van der Waals surface area (Å²) in [6.07, 6.45) is 0. The highest BCUT2D eigenvalue weighted by Crippen LogP contribution is 2.29. The third-order valence-corrected chi connectivity index (χ3v) is 3.09. The van der Waals surface area contributed by atoms with Gasteiger partial charge in [0.15, 0.2) is 0 Å². The number of carbonyl (C=O) groups is 1. The second-order valence-electron chi connectivity index (χ2n) is 4.57. The third kappa shape index (κ3) is 4.29. The Morgan fingerprint density at radius 2 is 1.65 bits per heavy atom. The minimum atomic E-state index is -0.388. The van der Waals surface area contributed by atoms with Gasteiger partial charge < -0.3 is 24.8 Å². The molecular formula is C17H20N2O4. The van der Waals surface area contributed by atoms with Crippen LogP contribution in [0, 0.1) is 0 Å². The van der Waals surface area contributed by atoms with Crippen LogP contribution in [0.3, 0.4) is 0 Å². The van der Waals surface area contributed by atoms with E-state index < -0.39 is 0 Å². The molecule has 0 aliphatic carbocycles. The van der Waals surface area contributed by atoms with Crippen LogP contribution < -0.4 is 24.8 Å². The number of carbonyl (C=O) groups excluding carboxylic acids is 1. The summed E-state index contributed by atoms with van der Waals surface area (Å²) in [5, 5.41) is 5.51. The first-order chi connectivity index (χ1) is 11.2. The van der Waals surface area contributed by atoms with Gasteiger partial charge in [-0.2, -0.15) is 0 Å². The summed E-state index contributed by atoms with van der Waals surface area (Å²) in [7, 11) is 3.10. The second-order valence-corrected chi connectivity index (χ2v) is 4.57. The zero-order valence-electron chi connectivity index (χ0n) is 13.4. The van der Waals surface area contributed by atoms with E-state index in [9.17, 15) is 4.79 Å². The van der Waals surface area contributed by atoms with Crippen molar-refractivity contribution in [2.45, 2.75) is 6.92 Å². The maximum absolute atomic E-state index is 12.2. The number of benzene rings is 2. The average Bonchev–Trinajstić information content (AvgIpc) is 2.57. The first-order valence-electron chi connectivity index (χ1n) is 7.19. The van der Waals surface area contributed by atoms with Crippen molar-refractivity contribution in [2.75, 3.05) is 31.5 Å². The normalized spacial score (nSPS) is 9.87. The molecule has 122 valence electrons. The molecule has 6 nitrogen and oxygen atoms in total. The van der Waals surface area contributed by atoms with Crippen LogP contribution in [0.5, 0.6) is 17.2 Å². The van der Waals surface area contributed by atoms with Gasteiger partial charge in [0.2, 0.25) is 0 Å². The Morgan fingerprint density at radius 3 is 2.30 bits per heavy atom. The summed E-state index contributed by atoms with van der Waals surface area (Å²) in [6, 6.07) is 12.0. The molecule has 0 bridgehead atoms. The van der Waals surface area contributed by atoms with Crippen LogP contribution in [0.1, 0.15) is 6.92 Å². The predicted molar refractivity (Wildman–Crippen MR) is 89.8 cm³/mol. The highest BCUT2D eigenvalue weighted by atomic mass is 16.5. The van der Waals surface area contributed by atoms with Gasteiger partial charge in [0.25, 0.3) is 0 Å². The molecule has 2 aromatic carbocycles. The van der Waals surface area contributed by atoms with Gasteiger partial charge in [-0.05, 0) is 31.2 Å². The van der Waals surface area contributed by atoms with Gasteiger partial charge in [0, 0.05) is 6.07 Å². The number of ether oxygens (including phenoxy) is 3. The van der Waals surface area contributed by atoms with Crippen molar-refractivity contribution in [3.8, 4) is 17.2 Å². The van der Waals surface area contributed by atoms with E-state index in [0.29, 0.717) is 35.2 Å². The molecule has 0 unspecified atom stereocenters. The molecule has 0 aliphatic rings. The lowest BCUT2D eigenvalue weighted by Gasteiger charge is -2.14. The number of para-hydroxylation sites is 2. The van der Waals surface area contributed by atoms with Crippen LogP contribution >= 0.6 is 0 Å². The molecule has 6 heteroatoms. The van der Waals surface area contributed by atoms with Crippen molar-refractivity contribution < 1.29 is 19.0 Å². The summed E-state index contributed by atoms with van der Waals surface area (Å²) in [5.74, 6) is 1.78. The molecule has 0 fully saturated rings. The number of hydrogen-bond acceptors (Lipinski definition) is 4. The van der Waals surface area contributed by atoms with E-state index in [1.54, 1.807) is 37.4 Å². The zero-order valence-corrected chi connectivity index (χ0v) is 13.4. The fourth-order valence-corrected chi connectivity index (χ4v) is 2.03. The van der Waals surface area contributed by atoms with Crippen LogP contribution in [-0.2, 0) is 0 Å². The lowest BCUT2D eigenvalue weighted by Crippen LogP contribution is -2.20.